The zero-order chi connectivity index (χ0) is 16.2. The quantitative estimate of drug-likeness (QED) is 0.756. The summed E-state index contributed by atoms with van der Waals surface area (Å²) in [4.78, 5) is 16.3. The van der Waals surface area contributed by atoms with E-state index in [0.29, 0.717) is 28.0 Å². The number of halogens is 1. The number of nitrogens with zero attached hydrogens (tertiary/aromatic N) is 2. The third-order valence-corrected chi connectivity index (χ3v) is 3.25. The molecule has 0 radical (unpaired) electrons. The van der Waals surface area contributed by atoms with E-state index in [9.17, 15) is 4.79 Å². The number of aryl methyl sites for hydroxylation is 1. The van der Waals surface area contributed by atoms with E-state index in [1.807, 2.05) is 0 Å². The molecule has 2 aromatic heterocycles. The van der Waals surface area contributed by atoms with Crippen LogP contribution >= 0.6 is 11.6 Å². The first-order chi connectivity index (χ1) is 11.1. The molecule has 0 fully saturated rings. The molecule has 1 amide bonds. The molecule has 0 bridgehead atoms. The van der Waals surface area contributed by atoms with Gasteiger partial charge in [0, 0.05) is 28.7 Å². The minimum atomic E-state index is -0.313. The Balaban J connectivity index is 1.73. The van der Waals surface area contributed by atoms with Crippen molar-refractivity contribution in [1.82, 2.24) is 10.1 Å². The second-order valence-electron chi connectivity index (χ2n) is 4.84. The molecule has 0 aliphatic heterocycles. The van der Waals surface area contributed by atoms with Gasteiger partial charge in [-0.3, -0.25) is 9.78 Å². The van der Waals surface area contributed by atoms with Crippen LogP contribution in [0.4, 0.5) is 17.2 Å². The molecule has 2 N–H and O–H groups in total. The summed E-state index contributed by atoms with van der Waals surface area (Å²) >= 11 is 5.82. The van der Waals surface area contributed by atoms with Gasteiger partial charge in [0.25, 0.3) is 5.91 Å². The molecule has 23 heavy (non-hydrogen) atoms. The van der Waals surface area contributed by atoms with Crippen LogP contribution < -0.4 is 10.6 Å². The number of rotatable bonds is 4. The summed E-state index contributed by atoms with van der Waals surface area (Å²) in [5, 5.41) is 10.3. The largest absolute Gasteiger partial charge is 0.360 e. The molecule has 0 saturated carbocycles. The van der Waals surface area contributed by atoms with Crippen LogP contribution in [0.2, 0.25) is 5.02 Å². The predicted octanol–water partition coefficient (Wildman–Crippen LogP) is 4.03. The number of pyridine rings is 1. The maximum atomic E-state index is 12.2. The van der Waals surface area contributed by atoms with E-state index in [1.165, 1.54) is 0 Å². The number of carbonyl (C=O) groups excluding carboxylic acids is 1. The highest BCUT2D eigenvalue weighted by Crippen LogP contribution is 2.18. The van der Waals surface area contributed by atoms with Crippen LogP contribution in [0.1, 0.15) is 16.2 Å². The number of hydrogen-bond acceptors (Lipinski definition) is 5. The topological polar surface area (TPSA) is 80.0 Å². The predicted molar refractivity (Wildman–Crippen MR) is 88.2 cm³/mol. The van der Waals surface area contributed by atoms with Crippen molar-refractivity contribution in [2.45, 2.75) is 6.92 Å². The van der Waals surface area contributed by atoms with Crippen molar-refractivity contribution >= 4 is 34.7 Å². The molecule has 0 spiro atoms. The summed E-state index contributed by atoms with van der Waals surface area (Å²) in [6.45, 7) is 1.80. The highest BCUT2D eigenvalue weighted by molar-refractivity contribution is 6.30. The molecule has 0 aliphatic carbocycles. The Hall–Kier alpha value is -2.86. The van der Waals surface area contributed by atoms with E-state index >= 15 is 0 Å². The first-order valence-electron chi connectivity index (χ1n) is 6.83. The van der Waals surface area contributed by atoms with Crippen molar-refractivity contribution in [3.8, 4) is 0 Å². The normalized spacial score (nSPS) is 10.3. The molecule has 3 aromatic rings. The van der Waals surface area contributed by atoms with Gasteiger partial charge in [-0.05, 0) is 43.3 Å². The molecule has 0 aliphatic rings. The fourth-order valence-electron chi connectivity index (χ4n) is 1.93. The fraction of sp³-hybridized carbons (Fsp3) is 0.0625. The lowest BCUT2D eigenvalue weighted by molar-refractivity contribution is 0.102. The van der Waals surface area contributed by atoms with Crippen LogP contribution in [0.15, 0.2) is 53.2 Å². The zero-order valence-corrected chi connectivity index (χ0v) is 13.0. The summed E-state index contributed by atoms with van der Waals surface area (Å²) in [5.74, 6) is 0.951. The van der Waals surface area contributed by atoms with E-state index in [-0.39, 0.29) is 11.6 Å². The van der Waals surface area contributed by atoms with Gasteiger partial charge in [0.05, 0.1) is 0 Å². The Labute approximate surface area is 137 Å². The number of amides is 1. The van der Waals surface area contributed by atoms with Crippen LogP contribution in [0.25, 0.3) is 0 Å². The Morgan fingerprint density at radius 3 is 2.61 bits per heavy atom. The molecule has 0 saturated heterocycles. The second kappa shape index (κ2) is 6.50. The maximum absolute atomic E-state index is 12.2. The third kappa shape index (κ3) is 3.87. The molecule has 6 nitrogen and oxygen atoms in total. The van der Waals surface area contributed by atoms with Gasteiger partial charge in [0.1, 0.15) is 11.5 Å². The average Bonchev–Trinajstić information content (AvgIpc) is 2.95. The number of carbonyl (C=O) groups is 1. The number of anilines is 3. The van der Waals surface area contributed by atoms with Crippen molar-refractivity contribution < 1.29 is 9.32 Å². The Morgan fingerprint density at radius 2 is 1.91 bits per heavy atom. The smallest absolute Gasteiger partial charge is 0.274 e. The Kier molecular flexibility index (Phi) is 4.25. The van der Waals surface area contributed by atoms with Crippen LogP contribution in [0.3, 0.4) is 0 Å². The fourth-order valence-corrected chi connectivity index (χ4v) is 2.06. The Morgan fingerprint density at radius 1 is 1.13 bits per heavy atom. The van der Waals surface area contributed by atoms with Gasteiger partial charge in [-0.2, -0.15) is 0 Å². The maximum Gasteiger partial charge on any atom is 0.274 e. The molecular weight excluding hydrogens is 316 g/mol. The lowest BCUT2D eigenvalue weighted by Crippen LogP contribution is -2.13. The van der Waals surface area contributed by atoms with Gasteiger partial charge in [-0.15, -0.1) is 0 Å². The highest BCUT2D eigenvalue weighted by atomic mass is 35.5. The van der Waals surface area contributed by atoms with E-state index < -0.39 is 0 Å². The van der Waals surface area contributed by atoms with Gasteiger partial charge in [0.15, 0.2) is 5.82 Å². The number of benzene rings is 1. The Bertz CT molecular complexity index is 830. The van der Waals surface area contributed by atoms with Gasteiger partial charge >= 0.3 is 0 Å². The zero-order valence-electron chi connectivity index (χ0n) is 12.2. The number of hydrogen-bond donors (Lipinski definition) is 2. The number of aromatic nitrogens is 2. The lowest BCUT2D eigenvalue weighted by atomic mass is 10.2. The molecule has 2 heterocycles. The molecular formula is C16H13ClN4O2. The average molecular weight is 329 g/mol. The molecule has 3 rings (SSSR count). The number of nitrogens with one attached hydrogen (secondary N) is 2. The lowest BCUT2D eigenvalue weighted by Gasteiger charge is -2.07. The van der Waals surface area contributed by atoms with Crippen molar-refractivity contribution in [3.63, 3.8) is 0 Å². The van der Waals surface area contributed by atoms with Gasteiger partial charge in [-0.1, -0.05) is 16.8 Å². The van der Waals surface area contributed by atoms with Crippen molar-refractivity contribution in [3.05, 3.63) is 65.1 Å². The molecule has 1 aromatic carbocycles. The van der Waals surface area contributed by atoms with E-state index in [2.05, 4.69) is 20.8 Å². The van der Waals surface area contributed by atoms with Crippen LogP contribution in [0, 0.1) is 6.92 Å². The monoisotopic (exact) mass is 328 g/mol. The van der Waals surface area contributed by atoms with E-state index in [1.54, 1.807) is 55.6 Å². The summed E-state index contributed by atoms with van der Waals surface area (Å²) in [6, 6.07) is 12.0. The van der Waals surface area contributed by atoms with Crippen molar-refractivity contribution in [2.24, 2.45) is 0 Å². The molecule has 0 unspecified atom stereocenters. The van der Waals surface area contributed by atoms with E-state index in [0.717, 1.165) is 0 Å². The summed E-state index contributed by atoms with van der Waals surface area (Å²) in [5.41, 5.74) is 1.62. The molecule has 0 atom stereocenters. The van der Waals surface area contributed by atoms with Gasteiger partial charge in [0.2, 0.25) is 0 Å². The summed E-state index contributed by atoms with van der Waals surface area (Å²) in [7, 11) is 0. The van der Waals surface area contributed by atoms with Crippen molar-refractivity contribution in [2.75, 3.05) is 10.6 Å². The SMILES string of the molecule is Cc1cc(Nc2ccnc(C(=O)Nc3ccc(Cl)cc3)c2)no1. The first-order valence-corrected chi connectivity index (χ1v) is 7.21. The van der Waals surface area contributed by atoms with Crippen LogP contribution in [-0.4, -0.2) is 16.0 Å². The standard InChI is InChI=1S/C16H13ClN4O2/c1-10-8-15(21-23-10)19-13-6-7-18-14(9-13)16(22)20-12-4-2-11(17)3-5-12/h2-9H,1H3,(H,20,22)(H,18,19,21). The second-order valence-corrected chi connectivity index (χ2v) is 5.28. The van der Waals surface area contributed by atoms with Crippen LogP contribution in [0.5, 0.6) is 0 Å². The highest BCUT2D eigenvalue weighted by Gasteiger charge is 2.09. The summed E-state index contributed by atoms with van der Waals surface area (Å²) < 4.78 is 4.98. The van der Waals surface area contributed by atoms with Crippen LogP contribution in [-0.2, 0) is 0 Å². The minimum Gasteiger partial charge on any atom is -0.360 e. The first kappa shape index (κ1) is 15.1. The van der Waals surface area contributed by atoms with E-state index in [4.69, 9.17) is 16.1 Å². The molecule has 116 valence electrons. The summed E-state index contributed by atoms with van der Waals surface area (Å²) in [6.07, 6.45) is 1.55. The van der Waals surface area contributed by atoms with Crippen molar-refractivity contribution in [1.29, 1.82) is 0 Å². The minimum absolute atomic E-state index is 0.283. The third-order valence-electron chi connectivity index (χ3n) is 3.00. The molecule has 7 heteroatoms. The van der Waals surface area contributed by atoms with Gasteiger partial charge in [-0.25, -0.2) is 0 Å². The van der Waals surface area contributed by atoms with Gasteiger partial charge < -0.3 is 15.2 Å².